The Morgan fingerprint density at radius 2 is 2.05 bits per heavy atom. The van der Waals surface area contributed by atoms with Gasteiger partial charge in [0.15, 0.2) is 0 Å². The predicted octanol–water partition coefficient (Wildman–Crippen LogP) is 1.50. The molecule has 0 radical (unpaired) electrons. The number of carbonyl (C=O) groups is 1. The molecular formula is C15H26N2O2. The summed E-state index contributed by atoms with van der Waals surface area (Å²) in [6.07, 6.45) is 6.09. The number of carbonyl (C=O) groups excluding carboxylic acids is 1. The van der Waals surface area contributed by atoms with Gasteiger partial charge < -0.3 is 14.5 Å². The molecule has 2 saturated heterocycles. The fourth-order valence-electron chi connectivity index (χ4n) is 4.18. The maximum Gasteiger partial charge on any atom is 0.253 e. The SMILES string of the molecule is CC1CC2CCCCC2N1C(=O)C1CN(C)CCO1. The van der Waals surface area contributed by atoms with Crippen LogP contribution in [0.1, 0.15) is 39.0 Å². The Kier molecular flexibility index (Phi) is 3.81. The van der Waals surface area contributed by atoms with Crippen molar-refractivity contribution < 1.29 is 9.53 Å². The third-order valence-corrected chi connectivity index (χ3v) is 5.14. The Morgan fingerprint density at radius 1 is 1.26 bits per heavy atom. The normalized spacial score (nSPS) is 40.2. The number of hydrogen-bond acceptors (Lipinski definition) is 3. The summed E-state index contributed by atoms with van der Waals surface area (Å²) in [4.78, 5) is 17.2. The van der Waals surface area contributed by atoms with Crippen LogP contribution in [0.3, 0.4) is 0 Å². The molecule has 4 atom stereocenters. The molecule has 3 fully saturated rings. The first kappa shape index (κ1) is 13.4. The Balaban J connectivity index is 1.71. The van der Waals surface area contributed by atoms with Gasteiger partial charge in [-0.2, -0.15) is 0 Å². The summed E-state index contributed by atoms with van der Waals surface area (Å²) in [5.41, 5.74) is 0. The number of amides is 1. The Hall–Kier alpha value is -0.610. The minimum atomic E-state index is -0.234. The molecule has 4 heteroatoms. The van der Waals surface area contributed by atoms with Crippen molar-refractivity contribution in [3.8, 4) is 0 Å². The van der Waals surface area contributed by atoms with Gasteiger partial charge in [0.2, 0.25) is 0 Å². The van der Waals surface area contributed by atoms with Gasteiger partial charge in [0.05, 0.1) is 6.61 Å². The van der Waals surface area contributed by atoms with Crippen LogP contribution in [0.2, 0.25) is 0 Å². The van der Waals surface area contributed by atoms with Gasteiger partial charge in [-0.15, -0.1) is 0 Å². The highest BCUT2D eigenvalue weighted by atomic mass is 16.5. The third-order valence-electron chi connectivity index (χ3n) is 5.14. The van der Waals surface area contributed by atoms with Crippen molar-refractivity contribution in [3.05, 3.63) is 0 Å². The molecule has 3 rings (SSSR count). The number of hydrogen-bond donors (Lipinski definition) is 0. The minimum absolute atomic E-state index is 0.234. The topological polar surface area (TPSA) is 32.8 Å². The van der Waals surface area contributed by atoms with Crippen LogP contribution < -0.4 is 0 Å². The van der Waals surface area contributed by atoms with Crippen molar-refractivity contribution in [2.24, 2.45) is 5.92 Å². The van der Waals surface area contributed by atoms with E-state index >= 15 is 0 Å². The first-order chi connectivity index (χ1) is 9.16. The zero-order valence-corrected chi connectivity index (χ0v) is 12.2. The Labute approximate surface area is 116 Å². The van der Waals surface area contributed by atoms with Gasteiger partial charge in [0, 0.05) is 25.2 Å². The van der Waals surface area contributed by atoms with Crippen molar-refractivity contribution in [2.75, 3.05) is 26.7 Å². The maximum atomic E-state index is 12.8. The smallest absolute Gasteiger partial charge is 0.253 e. The van der Waals surface area contributed by atoms with Crippen LogP contribution in [0.25, 0.3) is 0 Å². The molecule has 0 N–H and O–H groups in total. The van der Waals surface area contributed by atoms with Crippen LogP contribution in [-0.4, -0.2) is 60.6 Å². The molecule has 108 valence electrons. The molecule has 0 bridgehead atoms. The Morgan fingerprint density at radius 3 is 2.84 bits per heavy atom. The number of likely N-dealkylation sites (tertiary alicyclic amines) is 1. The van der Waals surface area contributed by atoms with Crippen LogP contribution in [0.15, 0.2) is 0 Å². The van der Waals surface area contributed by atoms with E-state index in [9.17, 15) is 4.79 Å². The highest BCUT2D eigenvalue weighted by Crippen LogP contribution is 2.40. The molecule has 1 amide bonds. The zero-order chi connectivity index (χ0) is 13.4. The number of fused-ring (bicyclic) bond motifs is 1. The lowest BCUT2D eigenvalue weighted by atomic mass is 9.85. The molecule has 0 aromatic heterocycles. The first-order valence-corrected chi connectivity index (χ1v) is 7.79. The van der Waals surface area contributed by atoms with E-state index in [1.54, 1.807) is 0 Å². The van der Waals surface area contributed by atoms with Gasteiger partial charge >= 0.3 is 0 Å². The van der Waals surface area contributed by atoms with Crippen molar-refractivity contribution in [3.63, 3.8) is 0 Å². The standard InChI is InChI=1S/C15H26N2O2/c1-11-9-12-5-3-4-6-13(12)17(11)15(18)14-10-16(2)7-8-19-14/h11-14H,3-10H2,1-2H3. The van der Waals surface area contributed by atoms with Crippen molar-refractivity contribution in [1.29, 1.82) is 0 Å². The van der Waals surface area contributed by atoms with Gasteiger partial charge in [-0.3, -0.25) is 4.79 Å². The Bertz CT molecular complexity index is 347. The van der Waals surface area contributed by atoms with E-state index in [0.717, 1.165) is 19.0 Å². The molecule has 0 aromatic rings. The molecule has 2 aliphatic heterocycles. The molecule has 2 heterocycles. The summed E-state index contributed by atoms with van der Waals surface area (Å²) in [6.45, 7) is 4.58. The fraction of sp³-hybridized carbons (Fsp3) is 0.933. The second-order valence-electron chi connectivity index (χ2n) is 6.56. The van der Waals surface area contributed by atoms with E-state index < -0.39 is 0 Å². The lowest BCUT2D eigenvalue weighted by Crippen LogP contribution is -2.53. The highest BCUT2D eigenvalue weighted by Gasteiger charge is 2.44. The number of ether oxygens (including phenoxy) is 1. The molecule has 0 aromatic carbocycles. The first-order valence-electron chi connectivity index (χ1n) is 7.79. The number of rotatable bonds is 1. The number of morpholine rings is 1. The molecule has 1 saturated carbocycles. The van der Waals surface area contributed by atoms with Gasteiger partial charge in [-0.1, -0.05) is 12.8 Å². The van der Waals surface area contributed by atoms with Gasteiger partial charge in [0.1, 0.15) is 6.10 Å². The lowest BCUT2D eigenvalue weighted by molar-refractivity contribution is -0.152. The third kappa shape index (κ3) is 2.52. The molecule has 4 unspecified atom stereocenters. The fourth-order valence-corrected chi connectivity index (χ4v) is 4.18. The summed E-state index contributed by atoms with van der Waals surface area (Å²) in [6, 6.07) is 0.892. The van der Waals surface area contributed by atoms with Gasteiger partial charge in [-0.05, 0) is 39.2 Å². The van der Waals surface area contributed by atoms with E-state index in [-0.39, 0.29) is 12.0 Å². The van der Waals surface area contributed by atoms with E-state index in [2.05, 4.69) is 23.8 Å². The molecule has 19 heavy (non-hydrogen) atoms. The van der Waals surface area contributed by atoms with E-state index in [1.165, 1.54) is 32.1 Å². The van der Waals surface area contributed by atoms with Crippen LogP contribution in [0.5, 0.6) is 0 Å². The summed E-state index contributed by atoms with van der Waals surface area (Å²) in [5.74, 6) is 0.988. The van der Waals surface area contributed by atoms with E-state index in [1.807, 2.05) is 0 Å². The lowest BCUT2D eigenvalue weighted by Gasteiger charge is -2.37. The second kappa shape index (κ2) is 5.41. The van der Waals surface area contributed by atoms with Crippen LogP contribution >= 0.6 is 0 Å². The van der Waals surface area contributed by atoms with Crippen LogP contribution in [0.4, 0.5) is 0 Å². The van der Waals surface area contributed by atoms with Gasteiger partial charge in [0.25, 0.3) is 5.91 Å². The summed E-state index contributed by atoms with van der Waals surface area (Å²) in [7, 11) is 2.07. The summed E-state index contributed by atoms with van der Waals surface area (Å²) in [5, 5.41) is 0. The van der Waals surface area contributed by atoms with E-state index in [0.29, 0.717) is 18.7 Å². The van der Waals surface area contributed by atoms with Gasteiger partial charge in [-0.25, -0.2) is 0 Å². The molecule has 1 aliphatic carbocycles. The number of nitrogens with zero attached hydrogens (tertiary/aromatic N) is 2. The van der Waals surface area contributed by atoms with Crippen LogP contribution in [-0.2, 0) is 9.53 Å². The van der Waals surface area contributed by atoms with Crippen LogP contribution in [0, 0.1) is 5.92 Å². The molecule has 4 nitrogen and oxygen atoms in total. The largest absolute Gasteiger partial charge is 0.366 e. The summed E-state index contributed by atoms with van der Waals surface area (Å²) >= 11 is 0. The minimum Gasteiger partial charge on any atom is -0.366 e. The van der Waals surface area contributed by atoms with Crippen molar-refractivity contribution in [1.82, 2.24) is 9.80 Å². The molecule has 0 spiro atoms. The number of likely N-dealkylation sites (N-methyl/N-ethyl adjacent to an activating group) is 1. The average Bonchev–Trinajstić information content (AvgIpc) is 2.74. The monoisotopic (exact) mass is 266 g/mol. The molecular weight excluding hydrogens is 240 g/mol. The zero-order valence-electron chi connectivity index (χ0n) is 12.2. The van der Waals surface area contributed by atoms with E-state index in [4.69, 9.17) is 4.74 Å². The molecule has 3 aliphatic rings. The summed E-state index contributed by atoms with van der Waals surface area (Å²) < 4.78 is 5.72. The maximum absolute atomic E-state index is 12.8. The highest BCUT2D eigenvalue weighted by molar-refractivity contribution is 5.82. The predicted molar refractivity (Wildman–Crippen MR) is 73.9 cm³/mol. The van der Waals surface area contributed by atoms with Crippen molar-refractivity contribution >= 4 is 5.91 Å². The quantitative estimate of drug-likeness (QED) is 0.721. The van der Waals surface area contributed by atoms with Crippen molar-refractivity contribution in [2.45, 2.75) is 57.2 Å². The average molecular weight is 266 g/mol. The second-order valence-corrected chi connectivity index (χ2v) is 6.56.